The van der Waals surface area contributed by atoms with E-state index in [1.165, 1.54) is 18.2 Å². The van der Waals surface area contributed by atoms with Gasteiger partial charge in [0.1, 0.15) is 0 Å². The van der Waals surface area contributed by atoms with Crippen molar-refractivity contribution in [2.24, 2.45) is 0 Å². The average Bonchev–Trinajstić information content (AvgIpc) is 2.83. The number of nitrogens with two attached hydrogens (primary N) is 1. The molecular formula is C10H11ClN4O2S. The van der Waals surface area contributed by atoms with E-state index >= 15 is 0 Å². The maximum Gasteiger partial charge on any atom is 0.240 e. The summed E-state index contributed by atoms with van der Waals surface area (Å²) in [4.78, 5) is 0.0768. The lowest BCUT2D eigenvalue weighted by molar-refractivity contribution is 0.581. The number of nitrogens with one attached hydrogen (secondary N) is 2. The molecule has 1 aromatic carbocycles. The number of anilines is 1. The fourth-order valence-corrected chi connectivity index (χ4v) is 2.50. The van der Waals surface area contributed by atoms with E-state index in [1.807, 2.05) is 0 Å². The van der Waals surface area contributed by atoms with Gasteiger partial charge in [0.15, 0.2) is 0 Å². The second-order valence-corrected chi connectivity index (χ2v) is 5.79. The molecule has 0 atom stereocenters. The van der Waals surface area contributed by atoms with E-state index in [2.05, 4.69) is 14.9 Å². The van der Waals surface area contributed by atoms with Gasteiger partial charge in [0.05, 0.1) is 21.8 Å². The van der Waals surface area contributed by atoms with Gasteiger partial charge >= 0.3 is 0 Å². The van der Waals surface area contributed by atoms with Crippen LogP contribution in [0.4, 0.5) is 5.69 Å². The summed E-state index contributed by atoms with van der Waals surface area (Å²) in [5.41, 5.74) is 6.53. The lowest BCUT2D eigenvalue weighted by Gasteiger charge is -2.07. The molecule has 1 heterocycles. The van der Waals surface area contributed by atoms with Crippen LogP contribution in [0, 0.1) is 0 Å². The lowest BCUT2D eigenvalue weighted by atomic mass is 10.3. The first-order valence-electron chi connectivity index (χ1n) is 5.01. The molecule has 6 nitrogen and oxygen atoms in total. The van der Waals surface area contributed by atoms with Crippen molar-refractivity contribution >= 4 is 27.3 Å². The summed E-state index contributed by atoms with van der Waals surface area (Å²) in [5, 5.41) is 6.65. The number of aromatic nitrogens is 2. The van der Waals surface area contributed by atoms with Crippen molar-refractivity contribution in [2.45, 2.75) is 11.4 Å². The molecule has 0 aliphatic carbocycles. The van der Waals surface area contributed by atoms with Crippen molar-refractivity contribution in [1.82, 2.24) is 14.9 Å². The normalized spacial score (nSPS) is 11.6. The molecule has 0 aliphatic heterocycles. The summed E-state index contributed by atoms with van der Waals surface area (Å²) in [5.74, 6) is 0. The second-order valence-electron chi connectivity index (χ2n) is 3.61. The molecule has 18 heavy (non-hydrogen) atoms. The van der Waals surface area contributed by atoms with Gasteiger partial charge in [-0.25, -0.2) is 13.1 Å². The Bertz CT molecular complexity index is 640. The Morgan fingerprint density at radius 3 is 2.83 bits per heavy atom. The fraction of sp³-hybridized carbons (Fsp3) is 0.100. The third kappa shape index (κ3) is 2.81. The third-order valence-corrected chi connectivity index (χ3v) is 4.04. The van der Waals surface area contributed by atoms with Gasteiger partial charge in [0.25, 0.3) is 0 Å². The molecule has 0 fully saturated rings. The maximum absolute atomic E-state index is 12.0. The number of halogens is 1. The van der Waals surface area contributed by atoms with Crippen LogP contribution in [0.15, 0.2) is 35.5 Å². The zero-order valence-electron chi connectivity index (χ0n) is 9.22. The Labute approximate surface area is 109 Å². The number of benzene rings is 1. The number of rotatable bonds is 4. The summed E-state index contributed by atoms with van der Waals surface area (Å²) in [7, 11) is -3.61. The fourth-order valence-electron chi connectivity index (χ4n) is 1.32. The zero-order valence-corrected chi connectivity index (χ0v) is 10.8. The minimum atomic E-state index is -3.61. The highest BCUT2D eigenvalue weighted by molar-refractivity contribution is 7.89. The highest BCUT2D eigenvalue weighted by Crippen LogP contribution is 2.22. The Hall–Kier alpha value is -1.57. The second kappa shape index (κ2) is 4.97. The number of nitrogens with zero attached hydrogens (tertiary/aromatic N) is 1. The number of hydrogen-bond acceptors (Lipinski definition) is 4. The van der Waals surface area contributed by atoms with Crippen LogP contribution >= 0.6 is 11.6 Å². The lowest BCUT2D eigenvalue weighted by Crippen LogP contribution is -2.23. The van der Waals surface area contributed by atoms with Crippen molar-refractivity contribution in [1.29, 1.82) is 0 Å². The Balaban J connectivity index is 2.17. The molecule has 2 aromatic rings. The zero-order chi connectivity index (χ0) is 13.2. The molecule has 96 valence electrons. The molecule has 0 radical (unpaired) electrons. The van der Waals surface area contributed by atoms with Crippen LogP contribution in [0.2, 0.25) is 5.02 Å². The van der Waals surface area contributed by atoms with Gasteiger partial charge in [0, 0.05) is 18.3 Å². The van der Waals surface area contributed by atoms with Gasteiger partial charge < -0.3 is 5.73 Å². The molecule has 0 amide bonds. The molecule has 0 saturated heterocycles. The van der Waals surface area contributed by atoms with Crippen LogP contribution in [-0.2, 0) is 16.6 Å². The van der Waals surface area contributed by atoms with E-state index in [0.717, 1.165) is 5.56 Å². The molecule has 1 aromatic heterocycles. The van der Waals surface area contributed by atoms with Gasteiger partial charge in [-0.05, 0) is 18.2 Å². The molecular weight excluding hydrogens is 276 g/mol. The van der Waals surface area contributed by atoms with E-state index in [-0.39, 0.29) is 17.1 Å². The van der Waals surface area contributed by atoms with Gasteiger partial charge in [0.2, 0.25) is 10.0 Å². The third-order valence-electron chi connectivity index (χ3n) is 2.30. The first-order valence-corrected chi connectivity index (χ1v) is 6.87. The molecule has 0 aliphatic rings. The summed E-state index contributed by atoms with van der Waals surface area (Å²) >= 11 is 5.74. The molecule has 8 heteroatoms. The molecule has 4 N–H and O–H groups in total. The summed E-state index contributed by atoms with van der Waals surface area (Å²) in [6.07, 6.45) is 3.15. The van der Waals surface area contributed by atoms with Crippen molar-refractivity contribution in [3.8, 4) is 0 Å². The number of aromatic amines is 1. The van der Waals surface area contributed by atoms with Crippen molar-refractivity contribution in [3.05, 3.63) is 41.2 Å². The average molecular weight is 287 g/mol. The highest BCUT2D eigenvalue weighted by atomic mass is 35.5. The minimum Gasteiger partial charge on any atom is -0.397 e. The Morgan fingerprint density at radius 1 is 1.44 bits per heavy atom. The molecule has 0 spiro atoms. The smallest absolute Gasteiger partial charge is 0.240 e. The van der Waals surface area contributed by atoms with E-state index in [4.69, 9.17) is 17.3 Å². The largest absolute Gasteiger partial charge is 0.397 e. The first-order chi connectivity index (χ1) is 8.49. The van der Waals surface area contributed by atoms with E-state index in [9.17, 15) is 8.42 Å². The number of nitrogen functional groups attached to an aromatic ring is 1. The maximum atomic E-state index is 12.0. The Kier molecular flexibility index (Phi) is 3.55. The minimum absolute atomic E-state index is 0.0768. The monoisotopic (exact) mass is 286 g/mol. The predicted octanol–water partition coefficient (Wildman–Crippen LogP) is 1.12. The van der Waals surface area contributed by atoms with Gasteiger partial charge in [-0.2, -0.15) is 5.10 Å². The molecule has 0 unspecified atom stereocenters. The number of hydrogen-bond donors (Lipinski definition) is 3. The van der Waals surface area contributed by atoms with E-state index in [0.29, 0.717) is 5.02 Å². The summed E-state index contributed by atoms with van der Waals surface area (Å²) in [6.45, 7) is 0.154. The summed E-state index contributed by atoms with van der Waals surface area (Å²) < 4.78 is 26.3. The highest BCUT2D eigenvalue weighted by Gasteiger charge is 2.14. The SMILES string of the molecule is Nc1cc(S(=O)(=O)NCc2cn[nH]c2)ccc1Cl. The molecule has 0 bridgehead atoms. The summed E-state index contributed by atoms with van der Waals surface area (Å²) in [6, 6.07) is 4.17. The topological polar surface area (TPSA) is 101 Å². The standard InChI is InChI=1S/C10H11ClN4O2S/c11-9-2-1-8(3-10(9)12)18(16,17)15-6-7-4-13-14-5-7/h1-5,15H,6,12H2,(H,13,14). The van der Waals surface area contributed by atoms with Crippen molar-refractivity contribution < 1.29 is 8.42 Å². The van der Waals surface area contributed by atoms with Crippen LogP contribution in [0.1, 0.15) is 5.56 Å². The van der Waals surface area contributed by atoms with Gasteiger partial charge in [-0.3, -0.25) is 5.10 Å². The van der Waals surface area contributed by atoms with Crippen LogP contribution in [-0.4, -0.2) is 18.6 Å². The predicted molar refractivity (Wildman–Crippen MR) is 68.5 cm³/mol. The number of H-pyrrole nitrogens is 1. The van der Waals surface area contributed by atoms with Crippen molar-refractivity contribution in [2.75, 3.05) is 5.73 Å². The molecule has 0 saturated carbocycles. The van der Waals surface area contributed by atoms with Gasteiger partial charge in [-0.15, -0.1) is 0 Å². The van der Waals surface area contributed by atoms with Crippen LogP contribution in [0.5, 0.6) is 0 Å². The van der Waals surface area contributed by atoms with E-state index < -0.39 is 10.0 Å². The quantitative estimate of drug-likeness (QED) is 0.733. The number of sulfonamides is 1. The van der Waals surface area contributed by atoms with Crippen LogP contribution in [0.25, 0.3) is 0 Å². The van der Waals surface area contributed by atoms with E-state index in [1.54, 1.807) is 12.4 Å². The van der Waals surface area contributed by atoms with Crippen molar-refractivity contribution in [3.63, 3.8) is 0 Å². The van der Waals surface area contributed by atoms with Gasteiger partial charge in [-0.1, -0.05) is 11.6 Å². The van der Waals surface area contributed by atoms with Crippen LogP contribution < -0.4 is 10.5 Å². The Morgan fingerprint density at radius 2 is 2.22 bits per heavy atom. The molecule has 2 rings (SSSR count). The first kappa shape index (κ1) is 12.9. The van der Waals surface area contributed by atoms with Crippen LogP contribution in [0.3, 0.4) is 0 Å².